The first-order chi connectivity index (χ1) is 4.68. The topological polar surface area (TPSA) is 42.9 Å². The monoisotopic (exact) mass is 176 g/mol. The summed E-state index contributed by atoms with van der Waals surface area (Å²) in [5.41, 5.74) is 0. The second-order valence-electron chi connectivity index (χ2n) is 1.75. The van der Waals surface area contributed by atoms with Crippen molar-refractivity contribution >= 4 is 28.2 Å². The number of carbonyl (C=O) groups excluding carboxylic acids is 1. The molecule has 0 N–H and O–H groups in total. The van der Waals surface area contributed by atoms with Gasteiger partial charge in [-0.15, -0.1) is 21.5 Å². The molecule has 0 bridgehead atoms. The number of halogens is 1. The minimum Gasteiger partial charge on any atom is -0.281 e. The fourth-order valence-electron chi connectivity index (χ4n) is 0.528. The van der Waals surface area contributed by atoms with Gasteiger partial charge in [0.2, 0.25) is 5.24 Å². The molecule has 0 aliphatic rings. The van der Waals surface area contributed by atoms with Crippen molar-refractivity contribution in [3.63, 3.8) is 0 Å². The number of aryl methyl sites for hydroxylation is 1. The Morgan fingerprint density at radius 3 is 2.80 bits per heavy atom. The van der Waals surface area contributed by atoms with Crippen molar-refractivity contribution in [2.75, 3.05) is 0 Å². The molecule has 0 spiro atoms. The highest BCUT2D eigenvalue weighted by Gasteiger charge is 2.03. The number of carbonyl (C=O) groups is 1. The van der Waals surface area contributed by atoms with E-state index in [9.17, 15) is 4.79 Å². The van der Waals surface area contributed by atoms with E-state index in [0.717, 1.165) is 5.01 Å². The van der Waals surface area contributed by atoms with Crippen molar-refractivity contribution in [2.24, 2.45) is 0 Å². The van der Waals surface area contributed by atoms with Crippen molar-refractivity contribution in [1.29, 1.82) is 0 Å². The molecule has 0 aliphatic carbocycles. The van der Waals surface area contributed by atoms with E-state index < -0.39 is 5.24 Å². The number of rotatable bonds is 2. The molecule has 0 unspecified atom stereocenters. The minimum atomic E-state index is -0.392. The van der Waals surface area contributed by atoms with Gasteiger partial charge in [0.05, 0.1) is 6.42 Å². The van der Waals surface area contributed by atoms with E-state index >= 15 is 0 Å². The average molecular weight is 177 g/mol. The van der Waals surface area contributed by atoms with Crippen LogP contribution in [0.25, 0.3) is 0 Å². The van der Waals surface area contributed by atoms with Crippen molar-refractivity contribution in [1.82, 2.24) is 10.2 Å². The van der Waals surface area contributed by atoms with Gasteiger partial charge in [-0.25, -0.2) is 0 Å². The van der Waals surface area contributed by atoms with E-state index in [2.05, 4.69) is 10.2 Å². The van der Waals surface area contributed by atoms with E-state index in [1.54, 1.807) is 0 Å². The van der Waals surface area contributed by atoms with Crippen LogP contribution >= 0.6 is 22.9 Å². The third-order valence-electron chi connectivity index (χ3n) is 0.858. The number of aromatic nitrogens is 2. The first-order valence-corrected chi connectivity index (χ1v) is 3.85. The Balaban J connectivity index is 2.67. The van der Waals surface area contributed by atoms with Gasteiger partial charge in [-0.05, 0) is 18.5 Å². The molecule has 0 aliphatic heterocycles. The average Bonchev–Trinajstić information content (AvgIpc) is 2.13. The maximum absolute atomic E-state index is 10.3. The molecule has 0 amide bonds. The highest BCUT2D eigenvalue weighted by molar-refractivity contribution is 7.11. The van der Waals surface area contributed by atoms with Crippen LogP contribution in [-0.4, -0.2) is 15.4 Å². The van der Waals surface area contributed by atoms with Crippen LogP contribution in [0, 0.1) is 6.92 Å². The van der Waals surface area contributed by atoms with Crippen LogP contribution < -0.4 is 0 Å². The molecule has 54 valence electrons. The SMILES string of the molecule is Cc1nnc(CC(=O)Cl)s1. The Kier molecular flexibility index (Phi) is 2.34. The first kappa shape index (κ1) is 7.63. The van der Waals surface area contributed by atoms with Crippen LogP contribution in [-0.2, 0) is 11.2 Å². The zero-order chi connectivity index (χ0) is 7.56. The molecule has 1 aromatic heterocycles. The molecular formula is C5H5ClN2OS. The number of hydrogen-bond acceptors (Lipinski definition) is 4. The summed E-state index contributed by atoms with van der Waals surface area (Å²) in [5, 5.41) is 8.59. The molecule has 0 aromatic carbocycles. The van der Waals surface area contributed by atoms with E-state index in [1.165, 1.54) is 11.3 Å². The summed E-state index contributed by atoms with van der Waals surface area (Å²) in [5.74, 6) is 0. The summed E-state index contributed by atoms with van der Waals surface area (Å²) >= 11 is 6.51. The zero-order valence-corrected chi connectivity index (χ0v) is 6.87. The Morgan fingerprint density at radius 2 is 2.40 bits per heavy atom. The van der Waals surface area contributed by atoms with Gasteiger partial charge in [0, 0.05) is 0 Å². The summed E-state index contributed by atoms with van der Waals surface area (Å²) in [7, 11) is 0. The number of hydrogen-bond donors (Lipinski definition) is 0. The highest BCUT2D eigenvalue weighted by atomic mass is 35.5. The first-order valence-electron chi connectivity index (χ1n) is 2.66. The van der Waals surface area contributed by atoms with E-state index in [4.69, 9.17) is 11.6 Å². The number of nitrogens with zero attached hydrogens (tertiary/aromatic N) is 2. The standard InChI is InChI=1S/C5H5ClN2OS/c1-3-7-8-5(10-3)2-4(6)9/h2H2,1H3. The predicted molar refractivity (Wildman–Crippen MR) is 39.2 cm³/mol. The lowest BCUT2D eigenvalue weighted by Gasteiger charge is -1.81. The fourth-order valence-corrected chi connectivity index (χ4v) is 1.44. The van der Waals surface area contributed by atoms with Crippen molar-refractivity contribution in [3.8, 4) is 0 Å². The summed E-state index contributed by atoms with van der Waals surface area (Å²) < 4.78 is 0. The minimum absolute atomic E-state index is 0.188. The quantitative estimate of drug-likeness (QED) is 0.635. The van der Waals surface area contributed by atoms with Gasteiger partial charge in [-0.1, -0.05) is 0 Å². The molecular weight excluding hydrogens is 172 g/mol. The summed E-state index contributed by atoms with van der Waals surface area (Å²) in [4.78, 5) is 10.3. The lowest BCUT2D eigenvalue weighted by atomic mass is 10.5. The van der Waals surface area contributed by atoms with E-state index in [-0.39, 0.29) is 6.42 Å². The Bertz CT molecular complexity index is 248. The molecule has 0 saturated carbocycles. The maximum Gasteiger partial charge on any atom is 0.228 e. The Morgan fingerprint density at radius 1 is 1.70 bits per heavy atom. The second-order valence-corrected chi connectivity index (χ2v) is 3.43. The molecule has 1 rings (SSSR count). The summed E-state index contributed by atoms with van der Waals surface area (Å²) in [6.07, 6.45) is 0.188. The molecule has 0 radical (unpaired) electrons. The van der Waals surface area contributed by atoms with E-state index in [1.807, 2.05) is 6.92 Å². The predicted octanol–water partition coefficient (Wildman–Crippen LogP) is 1.15. The lowest BCUT2D eigenvalue weighted by molar-refractivity contribution is -0.111. The molecule has 0 saturated heterocycles. The van der Waals surface area contributed by atoms with Gasteiger partial charge in [0.25, 0.3) is 0 Å². The molecule has 1 aromatic rings. The van der Waals surface area contributed by atoms with Crippen LogP contribution in [0.4, 0.5) is 0 Å². The van der Waals surface area contributed by atoms with Crippen LogP contribution in [0.5, 0.6) is 0 Å². The normalized spacial score (nSPS) is 9.80. The molecule has 0 atom stereocenters. The van der Waals surface area contributed by atoms with Crippen molar-refractivity contribution in [2.45, 2.75) is 13.3 Å². The summed E-state index contributed by atoms with van der Waals surface area (Å²) in [6.45, 7) is 1.83. The Hall–Kier alpha value is -0.480. The molecule has 10 heavy (non-hydrogen) atoms. The zero-order valence-electron chi connectivity index (χ0n) is 5.30. The van der Waals surface area contributed by atoms with Crippen LogP contribution in [0.1, 0.15) is 10.0 Å². The van der Waals surface area contributed by atoms with Crippen molar-refractivity contribution < 1.29 is 4.79 Å². The molecule has 3 nitrogen and oxygen atoms in total. The fraction of sp³-hybridized carbons (Fsp3) is 0.400. The molecule has 5 heteroatoms. The van der Waals surface area contributed by atoms with Crippen LogP contribution in [0.2, 0.25) is 0 Å². The van der Waals surface area contributed by atoms with Gasteiger partial charge in [0.15, 0.2) is 0 Å². The van der Waals surface area contributed by atoms with Crippen molar-refractivity contribution in [3.05, 3.63) is 10.0 Å². The van der Waals surface area contributed by atoms with Gasteiger partial charge in [0.1, 0.15) is 10.0 Å². The maximum atomic E-state index is 10.3. The third kappa shape index (κ3) is 2.04. The van der Waals surface area contributed by atoms with Crippen LogP contribution in [0.15, 0.2) is 0 Å². The molecule has 1 heterocycles. The largest absolute Gasteiger partial charge is 0.281 e. The van der Waals surface area contributed by atoms with Gasteiger partial charge < -0.3 is 0 Å². The smallest absolute Gasteiger partial charge is 0.228 e. The van der Waals surface area contributed by atoms with Crippen LogP contribution in [0.3, 0.4) is 0 Å². The summed E-state index contributed by atoms with van der Waals surface area (Å²) in [6, 6.07) is 0. The van der Waals surface area contributed by atoms with Gasteiger partial charge in [-0.2, -0.15) is 0 Å². The van der Waals surface area contributed by atoms with Gasteiger partial charge in [-0.3, -0.25) is 4.79 Å². The van der Waals surface area contributed by atoms with E-state index in [0.29, 0.717) is 5.01 Å². The molecule has 0 fully saturated rings. The van der Waals surface area contributed by atoms with Gasteiger partial charge >= 0.3 is 0 Å². The second kappa shape index (κ2) is 3.07. The Labute approximate surface area is 67.0 Å². The highest BCUT2D eigenvalue weighted by Crippen LogP contribution is 2.09. The lowest BCUT2D eigenvalue weighted by Crippen LogP contribution is -1.91. The third-order valence-corrected chi connectivity index (χ3v) is 1.83.